The summed E-state index contributed by atoms with van der Waals surface area (Å²) in [4.78, 5) is 14.6. The van der Waals surface area contributed by atoms with Crippen molar-refractivity contribution in [2.45, 2.75) is 20.8 Å². The molecule has 0 radical (unpaired) electrons. The summed E-state index contributed by atoms with van der Waals surface area (Å²) in [7, 11) is 1.78. The molecule has 0 aromatic heterocycles. The van der Waals surface area contributed by atoms with Crippen molar-refractivity contribution >= 4 is 5.91 Å². The minimum atomic E-state index is -0.151. The average molecular weight is 356 g/mol. The predicted molar refractivity (Wildman–Crippen MR) is 104 cm³/mol. The Morgan fingerprint density at radius 3 is 2.23 bits per heavy atom. The van der Waals surface area contributed by atoms with Crippen molar-refractivity contribution in [3.63, 3.8) is 0 Å². The molecule has 26 heavy (non-hydrogen) atoms. The van der Waals surface area contributed by atoms with E-state index in [1.807, 2.05) is 57.2 Å². The molecule has 0 saturated heterocycles. The van der Waals surface area contributed by atoms with Gasteiger partial charge in [-0.25, -0.2) is 0 Å². The summed E-state index contributed by atoms with van der Waals surface area (Å²) in [6.45, 7) is 7.60. The third-order valence-corrected chi connectivity index (χ3v) is 4.05. The maximum absolute atomic E-state index is 12.9. The van der Waals surface area contributed by atoms with E-state index in [0.29, 0.717) is 42.5 Å². The van der Waals surface area contributed by atoms with Gasteiger partial charge in [0.2, 0.25) is 0 Å². The Morgan fingerprint density at radius 2 is 1.62 bits per heavy atom. The van der Waals surface area contributed by atoms with Crippen LogP contribution in [0.3, 0.4) is 0 Å². The zero-order valence-corrected chi connectivity index (χ0v) is 16.0. The van der Waals surface area contributed by atoms with Crippen molar-refractivity contribution in [2.75, 3.05) is 26.7 Å². The van der Waals surface area contributed by atoms with Crippen LogP contribution < -0.4 is 15.2 Å². The molecule has 140 valence electrons. The second-order valence-corrected chi connectivity index (χ2v) is 7.01. The molecule has 2 aromatic rings. The molecule has 1 amide bonds. The number of para-hydroxylation sites is 3. The summed E-state index contributed by atoms with van der Waals surface area (Å²) in [6.07, 6.45) is 0. The molecule has 0 aliphatic heterocycles. The van der Waals surface area contributed by atoms with Crippen LogP contribution in [-0.2, 0) is 0 Å². The normalized spacial score (nSPS) is 11.1. The molecule has 0 spiro atoms. The van der Waals surface area contributed by atoms with Gasteiger partial charge in [-0.15, -0.1) is 0 Å². The van der Waals surface area contributed by atoms with Crippen LogP contribution in [0.4, 0.5) is 0 Å². The standard InChI is InChI=1S/C21H28N2O3/c1-5-25-18-12-8-9-13-19(18)26-17-11-7-6-10-16(17)20(24)23(4)15-21(2,3)14-22/h6-13H,5,14-15,22H2,1-4H3. The van der Waals surface area contributed by atoms with Gasteiger partial charge in [0.1, 0.15) is 5.75 Å². The summed E-state index contributed by atoms with van der Waals surface area (Å²) < 4.78 is 11.6. The fraction of sp³-hybridized carbons (Fsp3) is 0.381. The van der Waals surface area contributed by atoms with E-state index in [4.69, 9.17) is 15.2 Å². The van der Waals surface area contributed by atoms with Crippen LogP contribution >= 0.6 is 0 Å². The molecule has 5 nitrogen and oxygen atoms in total. The van der Waals surface area contributed by atoms with Crippen molar-refractivity contribution in [1.82, 2.24) is 4.90 Å². The SMILES string of the molecule is CCOc1ccccc1Oc1ccccc1C(=O)N(C)CC(C)(C)CN. The van der Waals surface area contributed by atoms with Crippen molar-refractivity contribution in [2.24, 2.45) is 11.1 Å². The number of hydrogen-bond acceptors (Lipinski definition) is 4. The van der Waals surface area contributed by atoms with E-state index < -0.39 is 0 Å². The lowest BCUT2D eigenvalue weighted by atomic mass is 9.93. The minimum Gasteiger partial charge on any atom is -0.490 e. The average Bonchev–Trinajstić information content (AvgIpc) is 2.63. The van der Waals surface area contributed by atoms with Crippen LogP contribution in [0.5, 0.6) is 17.2 Å². The van der Waals surface area contributed by atoms with E-state index in [2.05, 4.69) is 0 Å². The third-order valence-electron chi connectivity index (χ3n) is 4.05. The number of hydrogen-bond donors (Lipinski definition) is 1. The quantitative estimate of drug-likeness (QED) is 0.778. The maximum Gasteiger partial charge on any atom is 0.257 e. The first-order valence-corrected chi connectivity index (χ1v) is 8.82. The van der Waals surface area contributed by atoms with Crippen LogP contribution in [0.1, 0.15) is 31.1 Å². The number of nitrogens with zero attached hydrogens (tertiary/aromatic N) is 1. The molecular formula is C21H28N2O3. The van der Waals surface area contributed by atoms with Gasteiger partial charge in [0.15, 0.2) is 11.5 Å². The van der Waals surface area contributed by atoms with Crippen LogP contribution in [0.15, 0.2) is 48.5 Å². The number of rotatable bonds is 8. The van der Waals surface area contributed by atoms with E-state index in [9.17, 15) is 4.79 Å². The highest BCUT2D eigenvalue weighted by Gasteiger charge is 2.24. The van der Waals surface area contributed by atoms with Gasteiger partial charge in [-0.1, -0.05) is 38.1 Å². The molecule has 0 unspecified atom stereocenters. The summed E-state index contributed by atoms with van der Waals surface area (Å²) in [6, 6.07) is 14.7. The van der Waals surface area contributed by atoms with Gasteiger partial charge in [-0.2, -0.15) is 0 Å². The Bertz CT molecular complexity index is 744. The Hall–Kier alpha value is -2.53. The molecule has 0 aliphatic rings. The van der Waals surface area contributed by atoms with E-state index in [1.165, 1.54) is 0 Å². The molecule has 2 N–H and O–H groups in total. The number of nitrogens with two attached hydrogens (primary N) is 1. The van der Waals surface area contributed by atoms with Crippen molar-refractivity contribution < 1.29 is 14.3 Å². The van der Waals surface area contributed by atoms with Gasteiger partial charge in [0.05, 0.1) is 12.2 Å². The summed E-state index contributed by atoms with van der Waals surface area (Å²) in [5.74, 6) is 1.63. The first kappa shape index (κ1) is 19.8. The molecule has 5 heteroatoms. The first-order chi connectivity index (χ1) is 12.4. The Morgan fingerprint density at radius 1 is 1.04 bits per heavy atom. The molecule has 0 atom stereocenters. The molecule has 0 saturated carbocycles. The lowest BCUT2D eigenvalue weighted by Crippen LogP contribution is -2.39. The molecular weight excluding hydrogens is 328 g/mol. The van der Waals surface area contributed by atoms with Gasteiger partial charge in [-0.3, -0.25) is 4.79 Å². The second-order valence-electron chi connectivity index (χ2n) is 7.01. The number of carbonyl (C=O) groups excluding carboxylic acids is 1. The van der Waals surface area contributed by atoms with Gasteiger partial charge in [-0.05, 0) is 43.1 Å². The number of ether oxygens (including phenoxy) is 2. The number of carbonyl (C=O) groups is 1. The Balaban J connectivity index is 2.27. The van der Waals surface area contributed by atoms with Crippen LogP contribution in [0, 0.1) is 5.41 Å². The predicted octanol–water partition coefficient (Wildman–Crippen LogP) is 3.93. The third kappa shape index (κ3) is 4.99. The molecule has 0 aliphatic carbocycles. The van der Waals surface area contributed by atoms with Crippen LogP contribution in [0.2, 0.25) is 0 Å². The van der Waals surface area contributed by atoms with Gasteiger partial charge < -0.3 is 20.1 Å². The van der Waals surface area contributed by atoms with E-state index >= 15 is 0 Å². The lowest BCUT2D eigenvalue weighted by molar-refractivity contribution is 0.0738. The van der Waals surface area contributed by atoms with E-state index in [-0.39, 0.29) is 11.3 Å². The molecule has 0 bridgehead atoms. The second kappa shape index (κ2) is 8.72. The highest BCUT2D eigenvalue weighted by atomic mass is 16.5. The molecule has 2 aromatic carbocycles. The summed E-state index contributed by atoms with van der Waals surface area (Å²) in [5.41, 5.74) is 6.15. The van der Waals surface area contributed by atoms with Gasteiger partial charge in [0.25, 0.3) is 5.91 Å². The van der Waals surface area contributed by atoms with Crippen molar-refractivity contribution in [1.29, 1.82) is 0 Å². The fourth-order valence-electron chi connectivity index (χ4n) is 2.64. The largest absolute Gasteiger partial charge is 0.490 e. The lowest BCUT2D eigenvalue weighted by Gasteiger charge is -2.29. The zero-order chi connectivity index (χ0) is 19.2. The Labute approximate surface area is 155 Å². The first-order valence-electron chi connectivity index (χ1n) is 8.82. The minimum absolute atomic E-state index is 0.101. The molecule has 0 heterocycles. The highest BCUT2D eigenvalue weighted by Crippen LogP contribution is 2.33. The smallest absolute Gasteiger partial charge is 0.257 e. The Kier molecular flexibility index (Phi) is 6.64. The number of benzene rings is 2. The van der Waals surface area contributed by atoms with Gasteiger partial charge in [0, 0.05) is 13.6 Å². The van der Waals surface area contributed by atoms with E-state index in [0.717, 1.165) is 0 Å². The van der Waals surface area contributed by atoms with Crippen LogP contribution in [-0.4, -0.2) is 37.6 Å². The monoisotopic (exact) mass is 356 g/mol. The molecule has 0 fully saturated rings. The number of amides is 1. The molecule has 2 rings (SSSR count). The van der Waals surface area contributed by atoms with Crippen LogP contribution in [0.25, 0.3) is 0 Å². The maximum atomic E-state index is 12.9. The summed E-state index contributed by atoms with van der Waals surface area (Å²) >= 11 is 0. The zero-order valence-electron chi connectivity index (χ0n) is 16.0. The van der Waals surface area contributed by atoms with E-state index in [1.54, 1.807) is 24.1 Å². The van der Waals surface area contributed by atoms with Crippen molar-refractivity contribution in [3.8, 4) is 17.2 Å². The van der Waals surface area contributed by atoms with Crippen molar-refractivity contribution in [3.05, 3.63) is 54.1 Å². The van der Waals surface area contributed by atoms with Gasteiger partial charge >= 0.3 is 0 Å². The fourth-order valence-corrected chi connectivity index (χ4v) is 2.64. The summed E-state index contributed by atoms with van der Waals surface area (Å²) in [5, 5.41) is 0. The highest BCUT2D eigenvalue weighted by molar-refractivity contribution is 5.97. The topological polar surface area (TPSA) is 64.8 Å².